The van der Waals surface area contributed by atoms with Gasteiger partial charge in [0.1, 0.15) is 23.2 Å². The number of nitrogens with zero attached hydrogens (tertiary/aromatic N) is 2. The zero-order valence-electron chi connectivity index (χ0n) is 20.1. The van der Waals surface area contributed by atoms with E-state index in [0.29, 0.717) is 11.3 Å². The minimum atomic E-state index is -2.65. The molecule has 0 saturated heterocycles. The van der Waals surface area contributed by atoms with E-state index in [4.69, 9.17) is 5.11 Å². The normalized spacial score (nSPS) is 12.4. The van der Waals surface area contributed by atoms with Crippen LogP contribution in [-0.4, -0.2) is 11.6 Å². The third-order valence-corrected chi connectivity index (χ3v) is 11.2. The number of benzene rings is 5. The SMILES string of the molecule is O=C(c1ccccc1)[C@@H](N=Nc1ccc(Br)cc1)[P+](c1ccccc1)(c1ccccc1)c1ccccc1. The van der Waals surface area contributed by atoms with E-state index in [9.17, 15) is 4.79 Å². The topological polar surface area (TPSA) is 41.8 Å². The molecule has 5 heteroatoms. The molecule has 0 heterocycles. The first kappa shape index (κ1) is 25.0. The second-order valence-corrected chi connectivity index (χ2v) is 12.9. The highest BCUT2D eigenvalue weighted by molar-refractivity contribution is 9.10. The van der Waals surface area contributed by atoms with Crippen LogP contribution >= 0.6 is 23.2 Å². The Morgan fingerprint density at radius 2 is 0.973 bits per heavy atom. The highest BCUT2D eigenvalue weighted by atomic mass is 79.9. The molecule has 0 amide bonds. The van der Waals surface area contributed by atoms with Gasteiger partial charge in [-0.15, -0.1) is 5.11 Å². The van der Waals surface area contributed by atoms with Crippen LogP contribution in [0, 0.1) is 0 Å². The number of hydrogen-bond acceptors (Lipinski definition) is 3. The van der Waals surface area contributed by atoms with Crippen LogP contribution in [0.1, 0.15) is 10.4 Å². The van der Waals surface area contributed by atoms with E-state index < -0.39 is 13.0 Å². The molecule has 0 aromatic heterocycles. The van der Waals surface area contributed by atoms with Gasteiger partial charge in [0.05, 0.1) is 5.69 Å². The molecule has 0 spiro atoms. The summed E-state index contributed by atoms with van der Waals surface area (Å²) >= 11 is 3.48. The van der Waals surface area contributed by atoms with Crippen LogP contribution in [0.2, 0.25) is 0 Å². The molecule has 1 atom stereocenters. The molecule has 5 aromatic rings. The third-order valence-electron chi connectivity index (χ3n) is 6.26. The molecular formula is C32H25BrN2OP+. The molecule has 0 unspecified atom stereocenters. The molecule has 0 bridgehead atoms. The average molecular weight is 564 g/mol. The maximum atomic E-state index is 14.5. The Hall–Kier alpha value is -3.72. The van der Waals surface area contributed by atoms with Crippen LogP contribution in [0.5, 0.6) is 0 Å². The monoisotopic (exact) mass is 563 g/mol. The molecular weight excluding hydrogens is 539 g/mol. The number of carbonyl (C=O) groups excluding carboxylic acids is 1. The number of Topliss-reactive ketones (excluding diaryl/α,β-unsaturated/α-hetero) is 1. The summed E-state index contributed by atoms with van der Waals surface area (Å²) in [4.78, 5) is 14.5. The van der Waals surface area contributed by atoms with Gasteiger partial charge >= 0.3 is 0 Å². The van der Waals surface area contributed by atoms with E-state index in [1.165, 1.54) is 0 Å². The summed E-state index contributed by atoms with van der Waals surface area (Å²) in [5.74, 6) is -0.808. The average Bonchev–Trinajstić information content (AvgIpc) is 2.98. The molecule has 0 fully saturated rings. The number of hydrogen-bond donors (Lipinski definition) is 0. The molecule has 0 radical (unpaired) electrons. The minimum absolute atomic E-state index is 0.0497. The van der Waals surface area contributed by atoms with Crippen LogP contribution in [0.25, 0.3) is 0 Å². The summed E-state index contributed by atoms with van der Waals surface area (Å²) in [6, 6.07) is 48.0. The molecule has 5 aromatic carbocycles. The van der Waals surface area contributed by atoms with Gasteiger partial charge < -0.3 is 0 Å². The van der Waals surface area contributed by atoms with E-state index in [-0.39, 0.29) is 5.78 Å². The zero-order valence-corrected chi connectivity index (χ0v) is 22.5. The van der Waals surface area contributed by atoms with Gasteiger partial charge in [-0.3, -0.25) is 4.79 Å². The first-order valence-electron chi connectivity index (χ1n) is 12.0. The molecule has 0 N–H and O–H groups in total. The van der Waals surface area contributed by atoms with Crippen LogP contribution in [0.15, 0.2) is 160 Å². The van der Waals surface area contributed by atoms with Crippen molar-refractivity contribution in [3.63, 3.8) is 0 Å². The predicted octanol–water partition coefficient (Wildman–Crippen LogP) is 7.74. The molecule has 0 aliphatic rings. The van der Waals surface area contributed by atoms with E-state index in [1.807, 2.05) is 109 Å². The van der Waals surface area contributed by atoms with Gasteiger partial charge in [0, 0.05) is 10.0 Å². The lowest BCUT2D eigenvalue weighted by Gasteiger charge is -2.31. The molecule has 0 saturated carbocycles. The van der Waals surface area contributed by atoms with E-state index >= 15 is 0 Å². The van der Waals surface area contributed by atoms with Gasteiger partial charge in [0.2, 0.25) is 5.78 Å². The molecule has 180 valence electrons. The van der Waals surface area contributed by atoms with Crippen LogP contribution in [-0.2, 0) is 0 Å². The van der Waals surface area contributed by atoms with Gasteiger partial charge in [-0.1, -0.05) is 101 Å². The van der Waals surface area contributed by atoms with Crippen LogP contribution < -0.4 is 15.9 Å². The van der Waals surface area contributed by atoms with Crippen molar-refractivity contribution in [2.45, 2.75) is 5.78 Å². The van der Waals surface area contributed by atoms with Crippen molar-refractivity contribution in [2.75, 3.05) is 0 Å². The second kappa shape index (κ2) is 11.6. The van der Waals surface area contributed by atoms with E-state index in [1.54, 1.807) is 0 Å². The molecule has 0 aliphatic heterocycles. The summed E-state index contributed by atoms with van der Waals surface area (Å²) < 4.78 is 0.961. The summed E-state index contributed by atoms with van der Waals surface area (Å²) in [6.45, 7) is 0. The molecule has 37 heavy (non-hydrogen) atoms. The van der Waals surface area contributed by atoms with Crippen molar-refractivity contribution in [3.8, 4) is 0 Å². The molecule has 5 rings (SSSR count). The predicted molar refractivity (Wildman–Crippen MR) is 158 cm³/mol. The summed E-state index contributed by atoms with van der Waals surface area (Å²) in [6.07, 6.45) is 0. The van der Waals surface area contributed by atoms with Gasteiger partial charge in [0.15, 0.2) is 0 Å². The Morgan fingerprint density at radius 1 is 0.568 bits per heavy atom. The van der Waals surface area contributed by atoms with Crippen molar-refractivity contribution in [3.05, 3.63) is 156 Å². The van der Waals surface area contributed by atoms with Crippen molar-refractivity contribution in [1.29, 1.82) is 0 Å². The molecule has 3 nitrogen and oxygen atoms in total. The largest absolute Gasteiger partial charge is 0.287 e. The van der Waals surface area contributed by atoms with Crippen molar-refractivity contribution < 1.29 is 4.79 Å². The number of halogens is 1. The lowest BCUT2D eigenvalue weighted by Crippen LogP contribution is -2.41. The highest BCUT2D eigenvalue weighted by Crippen LogP contribution is 2.61. The number of carbonyl (C=O) groups is 1. The molecule has 0 aliphatic carbocycles. The fourth-order valence-corrected chi connectivity index (χ4v) is 9.19. The Kier molecular flexibility index (Phi) is 7.79. The first-order valence-corrected chi connectivity index (χ1v) is 14.7. The highest BCUT2D eigenvalue weighted by Gasteiger charge is 2.56. The second-order valence-electron chi connectivity index (χ2n) is 8.53. The maximum Gasteiger partial charge on any atom is 0.253 e. The summed E-state index contributed by atoms with van der Waals surface area (Å²) in [7, 11) is -2.65. The minimum Gasteiger partial charge on any atom is -0.287 e. The van der Waals surface area contributed by atoms with Gasteiger partial charge in [0.25, 0.3) is 5.78 Å². The van der Waals surface area contributed by atoms with Crippen molar-refractivity contribution in [2.24, 2.45) is 10.2 Å². The third kappa shape index (κ3) is 5.22. The Morgan fingerprint density at radius 3 is 1.41 bits per heavy atom. The van der Waals surface area contributed by atoms with Gasteiger partial charge in [-0.25, -0.2) is 0 Å². The fourth-order valence-electron chi connectivity index (χ4n) is 4.55. The standard InChI is InChI=1S/C32H25BrN2OP/c33-26-21-23-27(24-22-26)34-35-32(31(36)25-13-5-1-6-14-25)37(28-15-7-2-8-16-28,29-17-9-3-10-18-29)30-19-11-4-12-20-30/h1-24,32H/q+1/t32-/m0/s1. The summed E-state index contributed by atoms with van der Waals surface area (Å²) in [5.41, 5.74) is 1.32. The Labute approximate surface area is 226 Å². The lowest BCUT2D eigenvalue weighted by atomic mass is 10.1. The first-order chi connectivity index (χ1) is 18.2. The van der Waals surface area contributed by atoms with Crippen LogP contribution in [0.3, 0.4) is 0 Å². The number of azo groups is 1. The maximum absolute atomic E-state index is 14.5. The zero-order chi connectivity index (χ0) is 25.5. The number of rotatable bonds is 8. The Balaban J connectivity index is 1.83. The summed E-state index contributed by atoms with van der Waals surface area (Å²) in [5, 5.41) is 12.8. The van der Waals surface area contributed by atoms with Crippen LogP contribution in [0.4, 0.5) is 5.69 Å². The van der Waals surface area contributed by atoms with Gasteiger partial charge in [-0.05, 0) is 60.7 Å². The van der Waals surface area contributed by atoms with E-state index in [0.717, 1.165) is 20.4 Å². The lowest BCUT2D eigenvalue weighted by molar-refractivity contribution is 0.0988. The quantitative estimate of drug-likeness (QED) is 0.108. The fraction of sp³-hybridized carbons (Fsp3) is 0.0312. The smallest absolute Gasteiger partial charge is 0.253 e. The van der Waals surface area contributed by atoms with Crippen molar-refractivity contribution >= 4 is 50.6 Å². The number of ketones is 1. The van der Waals surface area contributed by atoms with Gasteiger partial charge in [-0.2, -0.15) is 5.11 Å². The Bertz CT molecular complexity index is 1380. The van der Waals surface area contributed by atoms with Crippen molar-refractivity contribution in [1.82, 2.24) is 0 Å². The van der Waals surface area contributed by atoms with E-state index in [2.05, 4.69) is 57.4 Å².